The Kier molecular flexibility index (Phi) is 7.98. The fourth-order valence-corrected chi connectivity index (χ4v) is 4.14. The van der Waals surface area contributed by atoms with E-state index >= 15 is 0 Å². The van der Waals surface area contributed by atoms with Crippen LogP contribution >= 0.6 is 0 Å². The van der Waals surface area contributed by atoms with Crippen LogP contribution in [0.5, 0.6) is 5.75 Å². The van der Waals surface area contributed by atoms with Gasteiger partial charge in [0.1, 0.15) is 5.75 Å². The number of phenolic OH excluding ortho intramolecular Hbond substituents is 1. The van der Waals surface area contributed by atoms with Gasteiger partial charge >= 0.3 is 0 Å². The van der Waals surface area contributed by atoms with Gasteiger partial charge in [-0.3, -0.25) is 4.68 Å². The van der Waals surface area contributed by atoms with Crippen molar-refractivity contribution in [2.45, 2.75) is 52.5 Å². The van der Waals surface area contributed by atoms with Gasteiger partial charge in [0, 0.05) is 18.5 Å². The van der Waals surface area contributed by atoms with Gasteiger partial charge in [0.25, 0.3) is 0 Å². The van der Waals surface area contributed by atoms with Gasteiger partial charge in [-0.1, -0.05) is 20.3 Å². The van der Waals surface area contributed by atoms with E-state index < -0.39 is 0 Å². The van der Waals surface area contributed by atoms with Gasteiger partial charge in [0.05, 0.1) is 5.52 Å². The van der Waals surface area contributed by atoms with E-state index in [4.69, 9.17) is 5.10 Å². The van der Waals surface area contributed by atoms with Crippen LogP contribution in [-0.4, -0.2) is 70.5 Å². The molecule has 2 aromatic rings. The molecule has 0 bridgehead atoms. The minimum absolute atomic E-state index is 0.298. The van der Waals surface area contributed by atoms with Gasteiger partial charge < -0.3 is 20.2 Å². The van der Waals surface area contributed by atoms with Crippen molar-refractivity contribution in [2.24, 2.45) is 0 Å². The van der Waals surface area contributed by atoms with Crippen molar-refractivity contribution in [2.75, 3.05) is 51.1 Å². The number of aromatic nitrogens is 2. The van der Waals surface area contributed by atoms with Gasteiger partial charge in [-0.25, -0.2) is 0 Å². The minimum atomic E-state index is 0.298. The molecule has 6 heteroatoms. The monoisotopic (exact) mass is 387 g/mol. The van der Waals surface area contributed by atoms with Gasteiger partial charge in [-0.15, -0.1) is 0 Å². The number of hydrogen-bond donors (Lipinski definition) is 2. The minimum Gasteiger partial charge on any atom is -0.508 e. The molecule has 1 aliphatic rings. The number of nitrogens with zero attached hydrogens (tertiary/aromatic N) is 4. The third-order valence-corrected chi connectivity index (χ3v) is 5.86. The van der Waals surface area contributed by atoms with E-state index in [-0.39, 0.29) is 0 Å². The van der Waals surface area contributed by atoms with Gasteiger partial charge in [-0.2, -0.15) is 5.10 Å². The zero-order valence-electron chi connectivity index (χ0n) is 17.7. The molecule has 3 rings (SSSR count). The summed E-state index contributed by atoms with van der Waals surface area (Å²) in [6.45, 7) is 13.2. The number of aromatic hydroxyl groups is 1. The van der Waals surface area contributed by atoms with Crippen LogP contribution < -0.4 is 5.32 Å². The topological polar surface area (TPSA) is 56.6 Å². The Bertz CT molecular complexity index is 719. The molecule has 156 valence electrons. The van der Waals surface area contributed by atoms with Crippen LogP contribution in [0.2, 0.25) is 0 Å². The van der Waals surface area contributed by atoms with Crippen molar-refractivity contribution in [1.82, 2.24) is 19.6 Å². The largest absolute Gasteiger partial charge is 0.508 e. The van der Waals surface area contributed by atoms with Crippen LogP contribution in [0.1, 0.15) is 46.0 Å². The number of benzene rings is 1. The normalized spacial score (nSPS) is 15.5. The van der Waals surface area contributed by atoms with Crippen LogP contribution in [0.4, 0.5) is 5.82 Å². The standard InChI is InChI=1S/C22H37N5O/c1-3-25(4-2)16-9-17-27-21-11-10-19(28)18-20(21)22(24-27)23-12-8-15-26-13-6-5-7-14-26/h10-11,18,28H,3-9,12-17H2,1-2H3,(H,23,24). The van der Waals surface area contributed by atoms with Crippen LogP contribution in [0.25, 0.3) is 10.9 Å². The second-order valence-corrected chi connectivity index (χ2v) is 7.84. The van der Waals surface area contributed by atoms with Crippen LogP contribution in [-0.2, 0) is 6.54 Å². The Morgan fingerprint density at radius 3 is 2.61 bits per heavy atom. The molecule has 6 nitrogen and oxygen atoms in total. The molecule has 0 radical (unpaired) electrons. The third kappa shape index (κ3) is 5.61. The summed E-state index contributed by atoms with van der Waals surface area (Å²) in [6.07, 6.45) is 6.27. The molecule has 0 aliphatic carbocycles. The zero-order chi connectivity index (χ0) is 19.8. The van der Waals surface area contributed by atoms with E-state index in [0.717, 1.165) is 68.8 Å². The highest BCUT2D eigenvalue weighted by Gasteiger charge is 2.13. The summed E-state index contributed by atoms with van der Waals surface area (Å²) in [7, 11) is 0. The zero-order valence-corrected chi connectivity index (χ0v) is 17.7. The summed E-state index contributed by atoms with van der Waals surface area (Å²) in [6, 6.07) is 5.56. The maximum Gasteiger partial charge on any atom is 0.156 e. The molecule has 1 aliphatic heterocycles. The number of anilines is 1. The summed E-state index contributed by atoms with van der Waals surface area (Å²) < 4.78 is 2.09. The number of hydrogen-bond acceptors (Lipinski definition) is 5. The number of rotatable bonds is 11. The number of phenols is 1. The predicted molar refractivity (Wildman–Crippen MR) is 117 cm³/mol. The molecule has 1 aromatic heterocycles. The highest BCUT2D eigenvalue weighted by molar-refractivity contribution is 5.91. The third-order valence-electron chi connectivity index (χ3n) is 5.86. The van der Waals surface area contributed by atoms with E-state index in [1.54, 1.807) is 6.07 Å². The average molecular weight is 388 g/mol. The summed E-state index contributed by atoms with van der Waals surface area (Å²) in [5, 5.41) is 19.3. The lowest BCUT2D eigenvalue weighted by Crippen LogP contribution is -2.31. The number of nitrogens with one attached hydrogen (secondary N) is 1. The van der Waals surface area contributed by atoms with E-state index in [1.807, 2.05) is 12.1 Å². The first-order chi connectivity index (χ1) is 13.7. The maximum absolute atomic E-state index is 9.94. The Labute approximate surface area is 169 Å². The summed E-state index contributed by atoms with van der Waals surface area (Å²) in [5.41, 5.74) is 1.09. The lowest BCUT2D eigenvalue weighted by atomic mass is 10.1. The molecule has 0 saturated carbocycles. The first kappa shape index (κ1) is 20.9. The maximum atomic E-state index is 9.94. The van der Waals surface area contributed by atoms with Gasteiger partial charge in [0.2, 0.25) is 0 Å². The fraction of sp³-hybridized carbons (Fsp3) is 0.682. The van der Waals surface area contributed by atoms with E-state index in [2.05, 4.69) is 33.6 Å². The van der Waals surface area contributed by atoms with E-state index in [1.165, 1.54) is 32.4 Å². The molecule has 1 saturated heterocycles. The number of piperidine rings is 1. The van der Waals surface area contributed by atoms with Crippen molar-refractivity contribution in [3.8, 4) is 5.75 Å². The quantitative estimate of drug-likeness (QED) is 0.575. The second kappa shape index (κ2) is 10.7. The summed E-state index contributed by atoms with van der Waals surface area (Å²) in [5.74, 6) is 1.19. The lowest BCUT2D eigenvalue weighted by molar-refractivity contribution is 0.228. The molecular formula is C22H37N5O. The van der Waals surface area contributed by atoms with Crippen LogP contribution in [0.15, 0.2) is 18.2 Å². The Hall–Kier alpha value is -1.79. The average Bonchev–Trinajstić information content (AvgIpc) is 3.06. The smallest absolute Gasteiger partial charge is 0.156 e. The molecule has 2 N–H and O–H groups in total. The van der Waals surface area contributed by atoms with E-state index in [9.17, 15) is 5.11 Å². The molecule has 0 unspecified atom stereocenters. The summed E-state index contributed by atoms with van der Waals surface area (Å²) in [4.78, 5) is 5.01. The molecule has 1 aromatic carbocycles. The number of likely N-dealkylation sites (tertiary alicyclic amines) is 1. The first-order valence-corrected chi connectivity index (χ1v) is 11.1. The van der Waals surface area contributed by atoms with Crippen molar-refractivity contribution < 1.29 is 5.11 Å². The number of fused-ring (bicyclic) bond motifs is 1. The Morgan fingerprint density at radius 2 is 1.86 bits per heavy atom. The highest BCUT2D eigenvalue weighted by Crippen LogP contribution is 2.27. The van der Waals surface area contributed by atoms with Crippen molar-refractivity contribution in [3.63, 3.8) is 0 Å². The Morgan fingerprint density at radius 1 is 1.07 bits per heavy atom. The van der Waals surface area contributed by atoms with Crippen molar-refractivity contribution in [3.05, 3.63) is 18.2 Å². The van der Waals surface area contributed by atoms with Gasteiger partial charge in [0.15, 0.2) is 5.82 Å². The SMILES string of the molecule is CCN(CC)CCCn1nc(NCCCN2CCCCC2)c2cc(O)ccc21. The first-order valence-electron chi connectivity index (χ1n) is 11.1. The number of aryl methyl sites for hydroxylation is 1. The van der Waals surface area contributed by atoms with Crippen LogP contribution in [0.3, 0.4) is 0 Å². The molecule has 0 spiro atoms. The molecule has 0 amide bonds. The fourth-order valence-electron chi connectivity index (χ4n) is 4.14. The van der Waals surface area contributed by atoms with Crippen LogP contribution in [0, 0.1) is 0 Å². The Balaban J connectivity index is 1.58. The predicted octanol–water partition coefficient (Wildman–Crippen LogP) is 3.76. The molecular weight excluding hydrogens is 350 g/mol. The van der Waals surface area contributed by atoms with Gasteiger partial charge in [-0.05, 0) is 83.2 Å². The van der Waals surface area contributed by atoms with Crippen molar-refractivity contribution in [1.29, 1.82) is 0 Å². The lowest BCUT2D eigenvalue weighted by Gasteiger charge is -2.26. The molecule has 1 fully saturated rings. The molecule has 2 heterocycles. The van der Waals surface area contributed by atoms with E-state index in [0.29, 0.717) is 5.75 Å². The molecule has 28 heavy (non-hydrogen) atoms. The molecule has 0 atom stereocenters. The van der Waals surface area contributed by atoms with Crippen molar-refractivity contribution >= 4 is 16.7 Å². The highest BCUT2D eigenvalue weighted by atomic mass is 16.3. The second-order valence-electron chi connectivity index (χ2n) is 7.84. The summed E-state index contributed by atoms with van der Waals surface area (Å²) >= 11 is 0.